The first-order chi connectivity index (χ1) is 10.1. The maximum absolute atomic E-state index is 11.3. The van der Waals surface area contributed by atoms with Crippen molar-refractivity contribution in [3.63, 3.8) is 0 Å². The summed E-state index contributed by atoms with van der Waals surface area (Å²) in [6.45, 7) is 3.30. The van der Waals surface area contributed by atoms with Crippen molar-refractivity contribution in [2.75, 3.05) is 5.32 Å². The zero-order valence-corrected chi connectivity index (χ0v) is 12.4. The Morgan fingerprint density at radius 3 is 2.71 bits per heavy atom. The van der Waals surface area contributed by atoms with Crippen molar-refractivity contribution in [1.82, 2.24) is 19.1 Å². The van der Waals surface area contributed by atoms with Crippen LogP contribution in [-0.2, 0) is 0 Å². The molecule has 1 N–H and O–H groups in total. The highest BCUT2D eigenvalue weighted by Crippen LogP contribution is 2.25. The third kappa shape index (κ3) is 2.82. The maximum atomic E-state index is 11.3. The number of para-hydroxylation sites is 1. The first-order valence-corrected chi connectivity index (χ1v) is 7.14. The van der Waals surface area contributed by atoms with E-state index < -0.39 is 0 Å². The van der Waals surface area contributed by atoms with Crippen LogP contribution in [0.1, 0.15) is 17.4 Å². The summed E-state index contributed by atoms with van der Waals surface area (Å²) in [5.74, 6) is 0.436. The van der Waals surface area contributed by atoms with Crippen LogP contribution >= 0.6 is 11.5 Å². The lowest BCUT2D eigenvalue weighted by atomic mass is 10.2. The lowest BCUT2D eigenvalue weighted by molar-refractivity contribution is 0.0921. The minimum absolute atomic E-state index is 0.137. The van der Waals surface area contributed by atoms with E-state index in [9.17, 15) is 4.79 Å². The molecule has 0 aliphatic carbocycles. The van der Waals surface area contributed by atoms with Gasteiger partial charge >= 0.3 is 0 Å². The fourth-order valence-corrected chi connectivity index (χ4v) is 2.47. The molecular weight excluding hydrogens is 286 g/mol. The van der Waals surface area contributed by atoms with Crippen LogP contribution in [0, 0.1) is 6.92 Å². The van der Waals surface area contributed by atoms with E-state index in [0.29, 0.717) is 11.0 Å². The Balaban J connectivity index is 1.86. The van der Waals surface area contributed by atoms with Crippen LogP contribution in [0.4, 0.5) is 10.8 Å². The molecule has 3 rings (SSSR count). The average molecular weight is 299 g/mol. The normalized spacial score (nSPS) is 10.6. The predicted octanol–water partition coefficient (Wildman–Crippen LogP) is 3.11. The minimum Gasteiger partial charge on any atom is -0.330 e. The third-order valence-corrected chi connectivity index (χ3v) is 3.54. The van der Waals surface area contributed by atoms with Crippen LogP contribution < -0.4 is 5.32 Å². The number of nitrogens with one attached hydrogen (secondary N) is 1. The smallest absolute Gasteiger partial charge is 0.243 e. The highest BCUT2D eigenvalue weighted by Gasteiger charge is 2.14. The molecule has 0 saturated carbocycles. The van der Waals surface area contributed by atoms with Gasteiger partial charge in [-0.25, -0.2) is 4.68 Å². The van der Waals surface area contributed by atoms with Crippen LogP contribution in [0.3, 0.4) is 0 Å². The fourth-order valence-electron chi connectivity index (χ4n) is 1.87. The van der Waals surface area contributed by atoms with E-state index in [1.165, 1.54) is 23.1 Å². The number of nitrogens with zero attached hydrogens (tertiary/aromatic N) is 4. The molecule has 0 amide bonds. The van der Waals surface area contributed by atoms with Gasteiger partial charge in [-0.3, -0.25) is 4.79 Å². The fraction of sp³-hybridized carbons (Fsp3) is 0.143. The summed E-state index contributed by atoms with van der Waals surface area (Å²) in [4.78, 5) is 15.8. The van der Waals surface area contributed by atoms with Gasteiger partial charge in [0.05, 0.1) is 11.3 Å². The highest BCUT2D eigenvalue weighted by atomic mass is 32.1. The zero-order valence-electron chi connectivity index (χ0n) is 11.6. The summed E-state index contributed by atoms with van der Waals surface area (Å²) in [6, 6.07) is 9.77. The predicted molar refractivity (Wildman–Crippen MR) is 81.9 cm³/mol. The first-order valence-electron chi connectivity index (χ1n) is 6.37. The van der Waals surface area contributed by atoms with Gasteiger partial charge in [0.15, 0.2) is 5.82 Å². The zero-order chi connectivity index (χ0) is 14.8. The number of hydrogen-bond acceptors (Lipinski definition) is 6. The standard InChI is InChI=1S/C14H13N5OS/c1-9-12(8-19(17-9)10(2)20)13-16-14(21-18-13)15-11-6-4-3-5-7-11/h3-8H,1-2H3,(H,15,16,18). The Hall–Kier alpha value is -2.54. The van der Waals surface area contributed by atoms with Gasteiger partial charge in [0.2, 0.25) is 11.0 Å². The number of benzene rings is 1. The topological polar surface area (TPSA) is 72.7 Å². The average Bonchev–Trinajstić information content (AvgIpc) is 3.06. The SMILES string of the molecule is CC(=O)n1cc(-c2nsc(Nc3ccccc3)n2)c(C)n1. The second kappa shape index (κ2) is 5.45. The number of rotatable bonds is 3. The molecule has 0 aliphatic heterocycles. The molecule has 0 fully saturated rings. The van der Waals surface area contributed by atoms with E-state index in [1.54, 1.807) is 6.20 Å². The molecule has 0 radical (unpaired) electrons. The summed E-state index contributed by atoms with van der Waals surface area (Å²) >= 11 is 1.27. The Morgan fingerprint density at radius 1 is 1.29 bits per heavy atom. The lowest BCUT2D eigenvalue weighted by Gasteiger charge is -1.99. The van der Waals surface area contributed by atoms with Gasteiger partial charge < -0.3 is 5.32 Å². The van der Waals surface area contributed by atoms with Crippen LogP contribution in [0.25, 0.3) is 11.4 Å². The van der Waals surface area contributed by atoms with Gasteiger partial charge in [0.1, 0.15) is 0 Å². The van der Waals surface area contributed by atoms with Crippen LogP contribution in [0.5, 0.6) is 0 Å². The van der Waals surface area contributed by atoms with Crippen molar-refractivity contribution >= 4 is 28.3 Å². The van der Waals surface area contributed by atoms with Crippen molar-refractivity contribution in [1.29, 1.82) is 0 Å². The summed E-state index contributed by atoms with van der Waals surface area (Å²) in [7, 11) is 0. The maximum Gasteiger partial charge on any atom is 0.243 e. The Kier molecular flexibility index (Phi) is 3.49. The second-order valence-electron chi connectivity index (χ2n) is 4.51. The molecule has 2 aromatic heterocycles. The van der Waals surface area contributed by atoms with Crippen LogP contribution in [0.15, 0.2) is 36.5 Å². The lowest BCUT2D eigenvalue weighted by Crippen LogP contribution is -2.05. The highest BCUT2D eigenvalue weighted by molar-refractivity contribution is 7.09. The van der Waals surface area contributed by atoms with E-state index in [2.05, 4.69) is 19.8 Å². The summed E-state index contributed by atoms with van der Waals surface area (Å²) in [5.41, 5.74) is 2.45. The van der Waals surface area contributed by atoms with E-state index in [0.717, 1.165) is 16.9 Å². The van der Waals surface area contributed by atoms with Gasteiger partial charge in [-0.2, -0.15) is 14.5 Å². The number of aromatic nitrogens is 4. The molecule has 6 nitrogen and oxygen atoms in total. The number of carbonyl (C=O) groups is 1. The van der Waals surface area contributed by atoms with Gasteiger partial charge in [-0.15, -0.1) is 0 Å². The van der Waals surface area contributed by atoms with Crippen LogP contribution in [0.2, 0.25) is 0 Å². The van der Waals surface area contributed by atoms with E-state index in [4.69, 9.17) is 0 Å². The van der Waals surface area contributed by atoms with Crippen LogP contribution in [-0.4, -0.2) is 25.0 Å². The van der Waals surface area contributed by atoms with E-state index in [-0.39, 0.29) is 5.91 Å². The Bertz CT molecular complexity index is 778. The summed E-state index contributed by atoms with van der Waals surface area (Å²) in [5, 5.41) is 8.05. The number of aryl methyl sites for hydroxylation is 1. The molecule has 0 unspecified atom stereocenters. The molecule has 0 aliphatic rings. The number of anilines is 2. The van der Waals surface area contributed by atoms with E-state index >= 15 is 0 Å². The monoisotopic (exact) mass is 299 g/mol. The van der Waals surface area contributed by atoms with Gasteiger partial charge in [0.25, 0.3) is 0 Å². The minimum atomic E-state index is -0.137. The van der Waals surface area contributed by atoms with Gasteiger partial charge in [-0.1, -0.05) is 18.2 Å². The number of hydrogen-bond donors (Lipinski definition) is 1. The molecule has 106 valence electrons. The molecule has 0 saturated heterocycles. The number of carbonyl (C=O) groups excluding carboxylic acids is 1. The molecular formula is C14H13N5OS. The van der Waals surface area contributed by atoms with Crippen molar-refractivity contribution in [2.45, 2.75) is 13.8 Å². The molecule has 3 aromatic rings. The van der Waals surface area contributed by atoms with Crippen molar-refractivity contribution in [3.8, 4) is 11.4 Å². The van der Waals surface area contributed by atoms with Gasteiger partial charge in [0, 0.05) is 30.3 Å². The molecule has 0 spiro atoms. The molecule has 21 heavy (non-hydrogen) atoms. The Morgan fingerprint density at radius 2 is 2.05 bits per heavy atom. The van der Waals surface area contributed by atoms with E-state index in [1.807, 2.05) is 37.3 Å². The quantitative estimate of drug-likeness (QED) is 0.804. The molecule has 1 aromatic carbocycles. The third-order valence-electron chi connectivity index (χ3n) is 2.91. The Labute approximate surface area is 125 Å². The molecule has 0 atom stereocenters. The molecule has 2 heterocycles. The van der Waals surface area contributed by atoms with Crippen molar-refractivity contribution in [3.05, 3.63) is 42.2 Å². The van der Waals surface area contributed by atoms with Crippen molar-refractivity contribution < 1.29 is 4.79 Å². The summed E-state index contributed by atoms with van der Waals surface area (Å²) in [6.07, 6.45) is 1.66. The second-order valence-corrected chi connectivity index (χ2v) is 5.26. The first kappa shape index (κ1) is 13.4. The van der Waals surface area contributed by atoms with Gasteiger partial charge in [-0.05, 0) is 19.1 Å². The summed E-state index contributed by atoms with van der Waals surface area (Å²) < 4.78 is 5.62. The molecule has 7 heteroatoms. The van der Waals surface area contributed by atoms with Crippen molar-refractivity contribution in [2.24, 2.45) is 0 Å². The molecule has 0 bridgehead atoms. The largest absolute Gasteiger partial charge is 0.330 e.